The maximum absolute atomic E-state index is 12.2. The van der Waals surface area contributed by atoms with Crippen molar-refractivity contribution in [3.63, 3.8) is 0 Å². The van der Waals surface area contributed by atoms with Gasteiger partial charge >= 0.3 is 0 Å². The van der Waals surface area contributed by atoms with E-state index in [2.05, 4.69) is 15.6 Å². The fourth-order valence-electron chi connectivity index (χ4n) is 1.94. The molecule has 6 nitrogen and oxygen atoms in total. The standard InChI is InChI=1S/C12H20N4O2S2/c1-18-5-4-14-12-16-10(13)9(20-12)11(17)15-8-3-2-6-19-7-8/h8H,2-7,13H2,1H3,(H,14,16)(H,15,17). The van der Waals surface area contributed by atoms with Crippen molar-refractivity contribution >= 4 is 40.0 Å². The van der Waals surface area contributed by atoms with E-state index in [1.807, 2.05) is 11.8 Å². The fourth-order valence-corrected chi connectivity index (χ4v) is 3.82. The molecule has 112 valence electrons. The second kappa shape index (κ2) is 7.70. The molecule has 1 fully saturated rings. The van der Waals surface area contributed by atoms with Crippen LogP contribution in [0.4, 0.5) is 10.9 Å². The molecule has 8 heteroatoms. The van der Waals surface area contributed by atoms with Crippen LogP contribution in [0.15, 0.2) is 0 Å². The summed E-state index contributed by atoms with van der Waals surface area (Å²) in [4.78, 5) is 16.8. The Labute approximate surface area is 126 Å². The van der Waals surface area contributed by atoms with E-state index in [9.17, 15) is 4.79 Å². The number of aromatic nitrogens is 1. The van der Waals surface area contributed by atoms with E-state index in [0.29, 0.717) is 23.2 Å². The van der Waals surface area contributed by atoms with Crippen LogP contribution in [0.25, 0.3) is 0 Å². The lowest BCUT2D eigenvalue weighted by molar-refractivity contribution is 0.0943. The number of hydrogen-bond donors (Lipinski definition) is 3. The number of hydrogen-bond acceptors (Lipinski definition) is 7. The van der Waals surface area contributed by atoms with Gasteiger partial charge in [0.15, 0.2) is 5.13 Å². The first-order chi connectivity index (χ1) is 9.70. The van der Waals surface area contributed by atoms with E-state index in [0.717, 1.165) is 18.6 Å². The van der Waals surface area contributed by atoms with E-state index in [-0.39, 0.29) is 17.8 Å². The highest BCUT2D eigenvalue weighted by molar-refractivity contribution is 7.99. The van der Waals surface area contributed by atoms with Crippen LogP contribution < -0.4 is 16.4 Å². The van der Waals surface area contributed by atoms with Crippen LogP contribution in [-0.2, 0) is 4.74 Å². The average molecular weight is 316 g/mol. The molecule has 1 unspecified atom stereocenters. The quantitative estimate of drug-likeness (QED) is 0.688. The minimum absolute atomic E-state index is 0.118. The Morgan fingerprint density at radius 2 is 2.45 bits per heavy atom. The van der Waals surface area contributed by atoms with Crippen LogP contribution in [0, 0.1) is 0 Å². The van der Waals surface area contributed by atoms with Crippen LogP contribution in [0.2, 0.25) is 0 Å². The summed E-state index contributed by atoms with van der Waals surface area (Å²) in [7, 11) is 1.64. The van der Waals surface area contributed by atoms with Crippen molar-refractivity contribution in [3.05, 3.63) is 4.88 Å². The molecular weight excluding hydrogens is 296 g/mol. The Kier molecular flexibility index (Phi) is 5.93. The summed E-state index contributed by atoms with van der Waals surface area (Å²) < 4.78 is 4.95. The molecule has 4 N–H and O–H groups in total. The highest BCUT2D eigenvalue weighted by Gasteiger charge is 2.21. The molecule has 1 aromatic heterocycles. The van der Waals surface area contributed by atoms with E-state index >= 15 is 0 Å². The van der Waals surface area contributed by atoms with E-state index < -0.39 is 0 Å². The molecule has 0 radical (unpaired) electrons. The molecule has 0 bridgehead atoms. The molecular formula is C12H20N4O2S2. The highest BCUT2D eigenvalue weighted by Crippen LogP contribution is 2.25. The third-order valence-electron chi connectivity index (χ3n) is 2.94. The Balaban J connectivity index is 1.91. The number of thiazole rings is 1. The second-order valence-electron chi connectivity index (χ2n) is 4.54. The van der Waals surface area contributed by atoms with Gasteiger partial charge in [0.2, 0.25) is 0 Å². The highest BCUT2D eigenvalue weighted by atomic mass is 32.2. The zero-order chi connectivity index (χ0) is 14.4. The van der Waals surface area contributed by atoms with Crippen LogP contribution >= 0.6 is 23.1 Å². The van der Waals surface area contributed by atoms with Gasteiger partial charge in [0.25, 0.3) is 5.91 Å². The van der Waals surface area contributed by atoms with Crippen LogP contribution in [0.3, 0.4) is 0 Å². The number of nitrogen functional groups attached to an aromatic ring is 1. The topological polar surface area (TPSA) is 89.3 Å². The molecule has 1 atom stereocenters. The smallest absolute Gasteiger partial charge is 0.265 e. The van der Waals surface area contributed by atoms with Crippen molar-refractivity contribution in [1.29, 1.82) is 0 Å². The van der Waals surface area contributed by atoms with Gasteiger partial charge in [0.05, 0.1) is 6.61 Å². The first kappa shape index (κ1) is 15.4. The number of nitrogens with two attached hydrogens (primary N) is 1. The average Bonchev–Trinajstić information content (AvgIpc) is 2.81. The zero-order valence-electron chi connectivity index (χ0n) is 11.5. The number of thioether (sulfide) groups is 1. The molecule has 1 aromatic rings. The fraction of sp³-hybridized carbons (Fsp3) is 0.667. The summed E-state index contributed by atoms with van der Waals surface area (Å²) >= 11 is 3.16. The summed E-state index contributed by atoms with van der Waals surface area (Å²) in [6, 6.07) is 0.243. The third-order valence-corrected chi connectivity index (χ3v) is 5.18. The van der Waals surface area contributed by atoms with Gasteiger partial charge in [-0.05, 0) is 18.6 Å². The first-order valence-electron chi connectivity index (χ1n) is 6.58. The summed E-state index contributed by atoms with van der Waals surface area (Å²) in [5.41, 5.74) is 5.81. The maximum Gasteiger partial charge on any atom is 0.265 e. The molecule has 0 spiro atoms. The molecule has 20 heavy (non-hydrogen) atoms. The molecule has 1 amide bonds. The van der Waals surface area contributed by atoms with Crippen molar-refractivity contribution in [1.82, 2.24) is 10.3 Å². The van der Waals surface area contributed by atoms with E-state index in [1.54, 1.807) is 7.11 Å². The van der Waals surface area contributed by atoms with Crippen molar-refractivity contribution in [2.24, 2.45) is 0 Å². The molecule has 0 saturated carbocycles. The van der Waals surface area contributed by atoms with Gasteiger partial charge in [-0.3, -0.25) is 4.79 Å². The van der Waals surface area contributed by atoms with Gasteiger partial charge in [-0.1, -0.05) is 11.3 Å². The monoisotopic (exact) mass is 316 g/mol. The van der Waals surface area contributed by atoms with Crippen molar-refractivity contribution in [3.8, 4) is 0 Å². The molecule has 2 heterocycles. The first-order valence-corrected chi connectivity index (χ1v) is 8.55. The summed E-state index contributed by atoms with van der Waals surface area (Å²) in [5.74, 6) is 2.33. The number of carbonyl (C=O) groups excluding carboxylic acids is 1. The Bertz CT molecular complexity index is 447. The number of rotatable bonds is 6. The predicted octanol–water partition coefficient (Wildman–Crippen LogP) is 1.41. The van der Waals surface area contributed by atoms with Gasteiger partial charge < -0.3 is 21.1 Å². The lowest BCUT2D eigenvalue weighted by atomic mass is 10.2. The molecule has 1 aliphatic rings. The maximum atomic E-state index is 12.2. The van der Waals surface area contributed by atoms with E-state index in [4.69, 9.17) is 10.5 Å². The number of nitrogens with one attached hydrogen (secondary N) is 2. The van der Waals surface area contributed by atoms with Crippen molar-refractivity contribution < 1.29 is 9.53 Å². The summed E-state index contributed by atoms with van der Waals surface area (Å²) in [6.45, 7) is 1.23. The molecule has 0 aliphatic carbocycles. The second-order valence-corrected chi connectivity index (χ2v) is 6.69. The zero-order valence-corrected chi connectivity index (χ0v) is 13.1. The van der Waals surface area contributed by atoms with Gasteiger partial charge in [-0.25, -0.2) is 4.98 Å². The molecule has 1 saturated heterocycles. The normalized spacial score (nSPS) is 18.8. The Hall–Kier alpha value is -0.990. The van der Waals surface area contributed by atoms with Crippen molar-refractivity contribution in [2.75, 3.05) is 42.8 Å². The number of methoxy groups -OCH3 is 1. The van der Waals surface area contributed by atoms with Crippen LogP contribution in [0.5, 0.6) is 0 Å². The third kappa shape index (κ3) is 4.26. The Morgan fingerprint density at radius 1 is 1.60 bits per heavy atom. The minimum Gasteiger partial charge on any atom is -0.383 e. The van der Waals surface area contributed by atoms with Crippen LogP contribution in [-0.4, -0.2) is 48.7 Å². The van der Waals surface area contributed by atoms with E-state index in [1.165, 1.54) is 17.1 Å². The number of carbonyl (C=O) groups is 1. The number of amides is 1. The molecule has 2 rings (SSSR count). The molecule has 0 aromatic carbocycles. The van der Waals surface area contributed by atoms with Gasteiger partial charge in [0.1, 0.15) is 10.7 Å². The van der Waals surface area contributed by atoms with Crippen molar-refractivity contribution in [2.45, 2.75) is 18.9 Å². The van der Waals surface area contributed by atoms with Crippen LogP contribution in [0.1, 0.15) is 22.5 Å². The lowest BCUT2D eigenvalue weighted by Crippen LogP contribution is -2.38. The van der Waals surface area contributed by atoms with Gasteiger partial charge in [-0.15, -0.1) is 0 Å². The SMILES string of the molecule is COCCNc1nc(N)c(C(=O)NC2CCCSC2)s1. The largest absolute Gasteiger partial charge is 0.383 e. The number of anilines is 2. The summed E-state index contributed by atoms with van der Waals surface area (Å²) in [6.07, 6.45) is 2.19. The Morgan fingerprint density at radius 3 is 3.15 bits per heavy atom. The number of nitrogens with zero attached hydrogens (tertiary/aromatic N) is 1. The summed E-state index contributed by atoms with van der Waals surface area (Å²) in [5, 5.41) is 6.77. The van der Waals surface area contributed by atoms with Gasteiger partial charge in [-0.2, -0.15) is 11.8 Å². The minimum atomic E-state index is -0.118. The molecule has 1 aliphatic heterocycles. The lowest BCUT2D eigenvalue weighted by Gasteiger charge is -2.22. The number of ether oxygens (including phenoxy) is 1. The predicted molar refractivity (Wildman–Crippen MR) is 84.7 cm³/mol. The van der Waals surface area contributed by atoms with Gasteiger partial charge in [0, 0.05) is 25.4 Å².